The van der Waals surface area contributed by atoms with E-state index in [1.165, 1.54) is 17.0 Å². The van der Waals surface area contributed by atoms with Gasteiger partial charge in [-0.1, -0.05) is 17.7 Å². The molecule has 2 aromatic carbocycles. The minimum Gasteiger partial charge on any atom is -0.321 e. The number of halogens is 2. The Morgan fingerprint density at radius 1 is 1.03 bits per heavy atom. The van der Waals surface area contributed by atoms with Crippen LogP contribution in [0.15, 0.2) is 48.5 Å². The van der Waals surface area contributed by atoms with E-state index in [2.05, 4.69) is 10.6 Å². The van der Waals surface area contributed by atoms with Crippen LogP contribution in [-0.2, 0) is 9.59 Å². The van der Waals surface area contributed by atoms with Gasteiger partial charge in [0, 0.05) is 16.4 Å². The Morgan fingerprint density at radius 2 is 1.72 bits per heavy atom. The van der Waals surface area contributed by atoms with Gasteiger partial charge >= 0.3 is 0 Å². The first kappa shape index (κ1) is 21.2. The molecular weight excluding hydrogens is 395 g/mol. The van der Waals surface area contributed by atoms with E-state index < -0.39 is 0 Å². The van der Waals surface area contributed by atoms with Crippen LogP contribution < -0.4 is 20.4 Å². The molecule has 3 rings (SSSR count). The Kier molecular flexibility index (Phi) is 7.19. The van der Waals surface area contributed by atoms with Crippen LogP contribution in [0.1, 0.15) is 6.92 Å². The minimum absolute atomic E-state index is 0.0328. The predicted octanol–water partition coefficient (Wildman–Crippen LogP) is 0.228. The zero-order valence-corrected chi connectivity index (χ0v) is 17.1. The van der Waals surface area contributed by atoms with Gasteiger partial charge in [-0.25, -0.2) is 4.39 Å². The molecule has 154 valence electrons. The molecule has 0 unspecified atom stereocenters. The van der Waals surface area contributed by atoms with Crippen LogP contribution in [0.5, 0.6) is 0 Å². The normalized spacial score (nSPS) is 20.0. The van der Waals surface area contributed by atoms with Crippen molar-refractivity contribution in [3.63, 3.8) is 0 Å². The lowest BCUT2D eigenvalue weighted by Gasteiger charge is -2.32. The molecule has 2 aromatic rings. The predicted molar refractivity (Wildman–Crippen MR) is 111 cm³/mol. The zero-order chi connectivity index (χ0) is 20.8. The summed E-state index contributed by atoms with van der Waals surface area (Å²) in [6.45, 7) is 5.45. The summed E-state index contributed by atoms with van der Waals surface area (Å²) in [4.78, 5) is 27.1. The van der Waals surface area contributed by atoms with Crippen molar-refractivity contribution in [2.24, 2.45) is 0 Å². The molecule has 6 nitrogen and oxygen atoms in total. The fourth-order valence-corrected chi connectivity index (χ4v) is 3.63. The molecule has 8 heteroatoms. The van der Waals surface area contributed by atoms with Gasteiger partial charge in [0.05, 0.1) is 0 Å². The molecule has 0 saturated carbocycles. The second-order valence-electron chi connectivity index (χ2n) is 7.36. The van der Waals surface area contributed by atoms with E-state index in [-0.39, 0.29) is 23.7 Å². The fourth-order valence-electron chi connectivity index (χ4n) is 3.50. The van der Waals surface area contributed by atoms with E-state index in [4.69, 9.17) is 11.6 Å². The van der Waals surface area contributed by atoms with Crippen molar-refractivity contribution in [3.05, 3.63) is 59.4 Å². The van der Waals surface area contributed by atoms with Crippen molar-refractivity contribution in [2.45, 2.75) is 13.0 Å². The maximum Gasteiger partial charge on any atom is 0.282 e. The van der Waals surface area contributed by atoms with E-state index in [0.29, 0.717) is 17.3 Å². The van der Waals surface area contributed by atoms with Gasteiger partial charge in [-0.3, -0.25) is 9.59 Å². The summed E-state index contributed by atoms with van der Waals surface area (Å²) in [7, 11) is 0. The summed E-state index contributed by atoms with van der Waals surface area (Å²) in [5.41, 5.74) is 1.19. The first-order valence-electron chi connectivity index (χ1n) is 9.70. The van der Waals surface area contributed by atoms with Crippen LogP contribution in [0.25, 0.3) is 0 Å². The van der Waals surface area contributed by atoms with Gasteiger partial charge in [0.2, 0.25) is 0 Å². The second-order valence-corrected chi connectivity index (χ2v) is 7.80. The highest BCUT2D eigenvalue weighted by Crippen LogP contribution is 2.13. The first-order valence-corrected chi connectivity index (χ1v) is 10.1. The number of piperazine rings is 1. The van der Waals surface area contributed by atoms with Crippen molar-refractivity contribution in [1.82, 2.24) is 0 Å². The van der Waals surface area contributed by atoms with Crippen LogP contribution in [0.2, 0.25) is 5.02 Å². The molecule has 0 bridgehead atoms. The average molecular weight is 421 g/mol. The third-order valence-corrected chi connectivity index (χ3v) is 5.49. The maximum atomic E-state index is 13.2. The van der Waals surface area contributed by atoms with E-state index in [0.717, 1.165) is 36.8 Å². The molecule has 0 aliphatic carbocycles. The highest BCUT2D eigenvalue weighted by Gasteiger charge is 2.31. The third-order valence-electron chi connectivity index (χ3n) is 5.24. The van der Waals surface area contributed by atoms with Crippen molar-refractivity contribution in [3.8, 4) is 0 Å². The lowest BCUT2D eigenvalue weighted by atomic mass is 10.2. The van der Waals surface area contributed by atoms with Crippen LogP contribution in [0.3, 0.4) is 0 Å². The number of amides is 2. The lowest BCUT2D eigenvalue weighted by molar-refractivity contribution is -1.01. The Labute approximate surface area is 174 Å². The Hall–Kier alpha value is -2.48. The smallest absolute Gasteiger partial charge is 0.282 e. The van der Waals surface area contributed by atoms with Gasteiger partial charge < -0.3 is 20.4 Å². The lowest BCUT2D eigenvalue weighted by Crippen LogP contribution is -3.30. The Balaban J connectivity index is 1.43. The number of carbonyl (C=O) groups excluding carboxylic acids is 2. The van der Waals surface area contributed by atoms with Crippen molar-refractivity contribution in [1.29, 1.82) is 0 Å². The minimum atomic E-state index is -0.377. The number of hydrogen-bond donors (Lipinski definition) is 4. The molecule has 1 heterocycles. The summed E-state index contributed by atoms with van der Waals surface area (Å²) in [5, 5.41) is 6.28. The van der Waals surface area contributed by atoms with E-state index in [9.17, 15) is 14.0 Å². The van der Waals surface area contributed by atoms with E-state index in [1.54, 1.807) is 36.4 Å². The number of anilines is 2. The highest BCUT2D eigenvalue weighted by molar-refractivity contribution is 6.30. The van der Waals surface area contributed by atoms with E-state index in [1.807, 2.05) is 6.92 Å². The molecule has 4 N–H and O–H groups in total. The molecule has 1 aliphatic heterocycles. The Morgan fingerprint density at radius 3 is 2.38 bits per heavy atom. The summed E-state index contributed by atoms with van der Waals surface area (Å²) in [5.74, 6) is -0.546. The summed E-state index contributed by atoms with van der Waals surface area (Å²) < 4.78 is 13.2. The van der Waals surface area contributed by atoms with Gasteiger partial charge in [-0.15, -0.1) is 0 Å². The summed E-state index contributed by atoms with van der Waals surface area (Å²) in [6.07, 6.45) is 0. The SMILES string of the molecule is C[C@H](C(=O)Nc1ccc(Cl)cc1)[NH+]1CC[NH+](CC(=O)Nc2cccc(F)c2)CC1. The van der Waals surface area contributed by atoms with Crippen molar-refractivity contribution >= 4 is 34.8 Å². The molecule has 2 amide bonds. The molecule has 1 aliphatic rings. The van der Waals surface area contributed by atoms with Crippen molar-refractivity contribution < 1.29 is 23.8 Å². The summed E-state index contributed by atoms with van der Waals surface area (Å²) >= 11 is 5.87. The monoisotopic (exact) mass is 420 g/mol. The van der Waals surface area contributed by atoms with Gasteiger partial charge in [0.25, 0.3) is 11.8 Å². The number of rotatable bonds is 6. The number of quaternary nitrogens is 2. The topological polar surface area (TPSA) is 67.1 Å². The number of carbonyl (C=O) groups is 2. The van der Waals surface area contributed by atoms with Crippen molar-refractivity contribution in [2.75, 3.05) is 43.4 Å². The molecule has 1 atom stereocenters. The molecular formula is C21H26ClFN4O2+2. The van der Waals surface area contributed by atoms with Gasteiger partial charge in [0.15, 0.2) is 12.6 Å². The number of nitrogens with one attached hydrogen (secondary N) is 4. The van der Waals surface area contributed by atoms with E-state index >= 15 is 0 Å². The fraction of sp³-hybridized carbons (Fsp3) is 0.333. The summed E-state index contributed by atoms with van der Waals surface area (Å²) in [6, 6.07) is 12.7. The number of hydrogen-bond acceptors (Lipinski definition) is 2. The average Bonchev–Trinajstić information content (AvgIpc) is 2.69. The first-order chi connectivity index (χ1) is 13.9. The Bertz CT molecular complexity index is 854. The maximum absolute atomic E-state index is 13.2. The van der Waals surface area contributed by atoms with Gasteiger partial charge in [-0.2, -0.15) is 0 Å². The van der Waals surface area contributed by atoms with Crippen LogP contribution in [0.4, 0.5) is 15.8 Å². The van der Waals surface area contributed by atoms with Crippen LogP contribution in [-0.4, -0.2) is 50.6 Å². The molecule has 29 heavy (non-hydrogen) atoms. The van der Waals surface area contributed by atoms with Crippen LogP contribution in [0, 0.1) is 5.82 Å². The third kappa shape index (κ3) is 6.25. The molecule has 0 aromatic heterocycles. The molecule has 0 radical (unpaired) electrons. The van der Waals surface area contributed by atoms with Gasteiger partial charge in [-0.05, 0) is 49.4 Å². The van der Waals surface area contributed by atoms with Crippen LogP contribution >= 0.6 is 11.6 Å². The molecule has 1 saturated heterocycles. The quantitative estimate of drug-likeness (QED) is 0.540. The molecule has 0 spiro atoms. The van der Waals surface area contributed by atoms with Gasteiger partial charge in [0.1, 0.15) is 32.0 Å². The standard InChI is InChI=1S/C21H24ClFN4O2/c1-15(21(29)25-18-7-5-16(22)6-8-18)27-11-9-26(10-12-27)14-20(28)24-19-4-2-3-17(23)13-19/h2-8,13,15H,9-12,14H2,1H3,(H,24,28)(H,25,29)/p+2/t15-/m1/s1. The largest absolute Gasteiger partial charge is 0.321 e. The second kappa shape index (κ2) is 9.82. The number of benzene rings is 2. The zero-order valence-electron chi connectivity index (χ0n) is 16.3. The molecule has 1 fully saturated rings. The highest BCUT2D eigenvalue weighted by atomic mass is 35.5.